The van der Waals surface area contributed by atoms with Crippen LogP contribution in [0.4, 0.5) is 0 Å². The molecule has 0 radical (unpaired) electrons. The first-order valence-electron chi connectivity index (χ1n) is 5.94. The highest BCUT2D eigenvalue weighted by Gasteiger charge is 2.21. The first-order valence-corrected chi connectivity index (χ1v) is 9.00. The van der Waals surface area contributed by atoms with Gasteiger partial charge < -0.3 is 10.1 Å². The van der Waals surface area contributed by atoms with E-state index in [0.29, 0.717) is 13.0 Å². The molecule has 1 unspecified atom stereocenters. The van der Waals surface area contributed by atoms with Gasteiger partial charge in [-0.1, -0.05) is 30.1 Å². The second kappa shape index (κ2) is 7.65. The Balaban J connectivity index is 3.14. The molecule has 0 saturated carbocycles. The van der Waals surface area contributed by atoms with Crippen molar-refractivity contribution in [3.05, 3.63) is 27.7 Å². The number of hydrogen-bond acceptors (Lipinski definition) is 4. The first-order chi connectivity index (χ1) is 9.70. The molecule has 1 aromatic rings. The molecule has 9 heteroatoms. The summed E-state index contributed by atoms with van der Waals surface area (Å²) in [6.07, 6.45) is 0.654. The second-order valence-corrected chi connectivity index (χ2v) is 7.56. The number of methoxy groups -OCH3 is 1. The fraction of sp³-hybridized carbons (Fsp3) is 0.417. The van der Waals surface area contributed by atoms with Crippen LogP contribution in [-0.4, -0.2) is 34.1 Å². The summed E-state index contributed by atoms with van der Waals surface area (Å²) in [7, 11) is 2.69. The van der Waals surface area contributed by atoms with Crippen LogP contribution in [0.25, 0.3) is 0 Å². The van der Waals surface area contributed by atoms with Gasteiger partial charge in [0.2, 0.25) is 0 Å². The number of amides is 1. The van der Waals surface area contributed by atoms with Gasteiger partial charge in [0.15, 0.2) is 0 Å². The first kappa shape index (κ1) is 18.5. The van der Waals surface area contributed by atoms with Crippen molar-refractivity contribution in [3.63, 3.8) is 0 Å². The molecule has 5 nitrogen and oxygen atoms in total. The molecule has 0 aromatic heterocycles. The smallest absolute Gasteiger partial charge is 0.262 e. The number of carbonyl (C=O) groups excluding carboxylic acids is 1. The summed E-state index contributed by atoms with van der Waals surface area (Å²) in [6.45, 7) is 2.22. The maximum absolute atomic E-state index is 12.1. The average molecular weight is 375 g/mol. The molecule has 1 atom stereocenters. The van der Waals surface area contributed by atoms with E-state index in [4.69, 9.17) is 38.6 Å². The van der Waals surface area contributed by atoms with Crippen LogP contribution in [0.1, 0.15) is 23.7 Å². The Kier molecular flexibility index (Phi) is 6.74. The summed E-state index contributed by atoms with van der Waals surface area (Å²) in [4.78, 5) is 11.7. The van der Waals surface area contributed by atoms with Gasteiger partial charge in [0, 0.05) is 23.4 Å². The van der Waals surface area contributed by atoms with E-state index in [1.165, 1.54) is 13.2 Å². The van der Waals surface area contributed by atoms with Crippen molar-refractivity contribution in [1.29, 1.82) is 0 Å². The Morgan fingerprint density at radius 3 is 2.48 bits per heavy atom. The predicted octanol–water partition coefficient (Wildman–Crippen LogP) is 3.08. The van der Waals surface area contributed by atoms with Crippen LogP contribution in [0.2, 0.25) is 10.0 Å². The Morgan fingerprint density at radius 2 is 2.00 bits per heavy atom. The molecular weight excluding hydrogens is 361 g/mol. The third-order valence-electron chi connectivity index (χ3n) is 2.72. The molecule has 1 N–H and O–H groups in total. The SMILES string of the molecule is CCC(COC)NC(=O)c1cc(Cl)c(Cl)c(S(=O)(=O)Cl)c1. The average Bonchev–Trinajstić information content (AvgIpc) is 2.39. The Bertz CT molecular complexity index is 634. The number of nitrogens with one attached hydrogen (secondary N) is 1. The summed E-state index contributed by atoms with van der Waals surface area (Å²) in [6, 6.07) is 2.17. The van der Waals surface area contributed by atoms with Crippen molar-refractivity contribution in [2.75, 3.05) is 13.7 Å². The van der Waals surface area contributed by atoms with Crippen molar-refractivity contribution in [1.82, 2.24) is 5.32 Å². The lowest BCUT2D eigenvalue weighted by Gasteiger charge is -2.16. The number of rotatable bonds is 6. The number of carbonyl (C=O) groups is 1. The minimum absolute atomic E-state index is 0.0539. The van der Waals surface area contributed by atoms with E-state index in [1.54, 1.807) is 0 Å². The van der Waals surface area contributed by atoms with E-state index in [0.717, 1.165) is 6.07 Å². The molecule has 21 heavy (non-hydrogen) atoms. The fourth-order valence-corrected chi connectivity index (χ4v) is 3.37. The summed E-state index contributed by atoms with van der Waals surface area (Å²) in [5.41, 5.74) is 0.0539. The molecular formula is C12H14Cl3NO4S. The van der Waals surface area contributed by atoms with E-state index in [2.05, 4.69) is 5.32 Å². The minimum Gasteiger partial charge on any atom is -0.383 e. The van der Waals surface area contributed by atoms with Crippen molar-refractivity contribution >= 4 is 48.8 Å². The monoisotopic (exact) mass is 373 g/mol. The molecule has 0 saturated heterocycles. The Labute approximate surface area is 137 Å². The topological polar surface area (TPSA) is 72.5 Å². The molecule has 0 aliphatic carbocycles. The summed E-state index contributed by atoms with van der Waals surface area (Å²) < 4.78 is 27.8. The standard InChI is InChI=1S/C12H14Cl3NO4S/c1-3-8(6-20-2)16-12(17)7-4-9(13)11(14)10(5-7)21(15,18)19/h4-5,8H,3,6H2,1-2H3,(H,16,17). The lowest BCUT2D eigenvalue weighted by molar-refractivity contribution is 0.0894. The van der Waals surface area contributed by atoms with E-state index < -0.39 is 19.9 Å². The molecule has 0 fully saturated rings. The van der Waals surface area contributed by atoms with Gasteiger partial charge in [-0.3, -0.25) is 4.79 Å². The van der Waals surface area contributed by atoms with Gasteiger partial charge in [0.05, 0.1) is 22.7 Å². The van der Waals surface area contributed by atoms with Crippen LogP contribution in [0, 0.1) is 0 Å². The van der Waals surface area contributed by atoms with Crippen LogP contribution >= 0.6 is 33.9 Å². The van der Waals surface area contributed by atoms with Crippen molar-refractivity contribution in [3.8, 4) is 0 Å². The highest BCUT2D eigenvalue weighted by atomic mass is 35.7. The normalized spacial score (nSPS) is 13.0. The lowest BCUT2D eigenvalue weighted by atomic mass is 10.1. The third kappa shape index (κ3) is 5.00. The van der Waals surface area contributed by atoms with Crippen LogP contribution in [0.5, 0.6) is 0 Å². The van der Waals surface area contributed by atoms with E-state index in [9.17, 15) is 13.2 Å². The zero-order valence-corrected chi connectivity index (χ0v) is 14.4. The number of halogens is 3. The molecule has 0 aliphatic heterocycles. The van der Waals surface area contributed by atoms with Crippen LogP contribution in [-0.2, 0) is 13.8 Å². The molecule has 1 amide bonds. The van der Waals surface area contributed by atoms with Gasteiger partial charge in [-0.05, 0) is 18.6 Å². The molecule has 118 valence electrons. The number of ether oxygens (including phenoxy) is 1. The third-order valence-corrected chi connectivity index (χ3v) is 4.98. The van der Waals surface area contributed by atoms with Crippen molar-refractivity contribution < 1.29 is 17.9 Å². The molecule has 0 aliphatic rings. The number of benzene rings is 1. The van der Waals surface area contributed by atoms with E-state index >= 15 is 0 Å². The highest BCUT2D eigenvalue weighted by Crippen LogP contribution is 2.32. The molecule has 1 rings (SSSR count). The van der Waals surface area contributed by atoms with E-state index in [-0.39, 0.29) is 21.7 Å². The molecule has 0 heterocycles. The van der Waals surface area contributed by atoms with E-state index in [1.807, 2.05) is 6.92 Å². The van der Waals surface area contributed by atoms with Gasteiger partial charge in [0.25, 0.3) is 15.0 Å². The van der Waals surface area contributed by atoms with Gasteiger partial charge in [0.1, 0.15) is 4.90 Å². The maximum Gasteiger partial charge on any atom is 0.262 e. The van der Waals surface area contributed by atoms with Crippen molar-refractivity contribution in [2.45, 2.75) is 24.3 Å². The van der Waals surface area contributed by atoms with Gasteiger partial charge >= 0.3 is 0 Å². The summed E-state index contributed by atoms with van der Waals surface area (Å²) >= 11 is 11.6. The Morgan fingerprint density at radius 1 is 1.38 bits per heavy atom. The quantitative estimate of drug-likeness (QED) is 0.777. The lowest BCUT2D eigenvalue weighted by Crippen LogP contribution is -2.37. The predicted molar refractivity (Wildman–Crippen MR) is 82.9 cm³/mol. The van der Waals surface area contributed by atoms with Gasteiger partial charge in [-0.25, -0.2) is 8.42 Å². The van der Waals surface area contributed by atoms with Gasteiger partial charge in [-0.15, -0.1) is 0 Å². The second-order valence-electron chi connectivity index (χ2n) is 4.24. The number of hydrogen-bond donors (Lipinski definition) is 1. The molecule has 1 aromatic carbocycles. The molecule has 0 bridgehead atoms. The van der Waals surface area contributed by atoms with Crippen LogP contribution < -0.4 is 5.32 Å². The Hall–Kier alpha value is -0.530. The van der Waals surface area contributed by atoms with Crippen LogP contribution in [0.15, 0.2) is 17.0 Å². The maximum atomic E-state index is 12.1. The zero-order chi connectivity index (χ0) is 16.2. The highest BCUT2D eigenvalue weighted by molar-refractivity contribution is 8.13. The summed E-state index contributed by atoms with van der Waals surface area (Å²) in [5.74, 6) is -0.487. The van der Waals surface area contributed by atoms with Crippen molar-refractivity contribution in [2.24, 2.45) is 0 Å². The van der Waals surface area contributed by atoms with Crippen LogP contribution in [0.3, 0.4) is 0 Å². The molecule has 0 spiro atoms. The van der Waals surface area contributed by atoms with Gasteiger partial charge in [-0.2, -0.15) is 0 Å². The minimum atomic E-state index is -4.11. The zero-order valence-electron chi connectivity index (χ0n) is 11.3. The fourth-order valence-electron chi connectivity index (χ4n) is 1.60. The summed E-state index contributed by atoms with van der Waals surface area (Å²) in [5, 5.41) is 2.42. The largest absolute Gasteiger partial charge is 0.383 e.